The van der Waals surface area contributed by atoms with Crippen molar-refractivity contribution < 1.29 is 23.9 Å². The number of nitro benzene ring substituents is 1. The number of halogens is 1. The summed E-state index contributed by atoms with van der Waals surface area (Å²) < 4.78 is 23.6. The van der Waals surface area contributed by atoms with Gasteiger partial charge in [-0.15, -0.1) is 0 Å². The summed E-state index contributed by atoms with van der Waals surface area (Å²) in [5.41, 5.74) is -1.53. The first-order valence-electron chi connectivity index (χ1n) is 6.28. The van der Waals surface area contributed by atoms with Gasteiger partial charge in [0.1, 0.15) is 0 Å². The van der Waals surface area contributed by atoms with E-state index in [4.69, 9.17) is 9.47 Å². The molecule has 0 heterocycles. The van der Waals surface area contributed by atoms with Crippen LogP contribution in [0.15, 0.2) is 12.1 Å². The molecule has 118 valence electrons. The molecule has 1 unspecified atom stereocenters. The SMILES string of the molecule is COCCC(C)(O)CNc1cc(OC)c([N+](=O)[O-])cc1F. The number of hydrogen-bond donors (Lipinski definition) is 2. The van der Waals surface area contributed by atoms with Crippen LogP contribution in [0.2, 0.25) is 0 Å². The molecular weight excluding hydrogens is 283 g/mol. The molecule has 0 aromatic heterocycles. The fraction of sp³-hybridized carbons (Fsp3) is 0.538. The number of nitrogens with one attached hydrogen (secondary N) is 1. The van der Waals surface area contributed by atoms with Gasteiger partial charge in [0, 0.05) is 32.7 Å². The van der Waals surface area contributed by atoms with Crippen molar-refractivity contribution in [2.24, 2.45) is 0 Å². The molecule has 0 bridgehead atoms. The third kappa shape index (κ3) is 4.83. The molecule has 1 rings (SSSR count). The van der Waals surface area contributed by atoms with Crippen LogP contribution in [0, 0.1) is 15.9 Å². The van der Waals surface area contributed by atoms with Crippen LogP contribution in [-0.2, 0) is 4.74 Å². The number of methoxy groups -OCH3 is 2. The van der Waals surface area contributed by atoms with E-state index in [9.17, 15) is 19.6 Å². The number of benzene rings is 1. The molecule has 1 aromatic carbocycles. The number of aliphatic hydroxyl groups is 1. The van der Waals surface area contributed by atoms with E-state index >= 15 is 0 Å². The monoisotopic (exact) mass is 302 g/mol. The van der Waals surface area contributed by atoms with E-state index in [1.165, 1.54) is 20.3 Å². The van der Waals surface area contributed by atoms with E-state index in [-0.39, 0.29) is 18.0 Å². The molecule has 0 amide bonds. The second-order valence-corrected chi connectivity index (χ2v) is 4.85. The summed E-state index contributed by atoms with van der Waals surface area (Å²) in [4.78, 5) is 10.0. The van der Waals surface area contributed by atoms with Gasteiger partial charge >= 0.3 is 5.69 Å². The van der Waals surface area contributed by atoms with E-state index in [0.717, 1.165) is 6.07 Å². The van der Waals surface area contributed by atoms with Crippen LogP contribution < -0.4 is 10.1 Å². The Morgan fingerprint density at radius 3 is 2.67 bits per heavy atom. The molecule has 0 saturated heterocycles. The third-order valence-electron chi connectivity index (χ3n) is 2.97. The van der Waals surface area contributed by atoms with E-state index in [0.29, 0.717) is 13.0 Å². The van der Waals surface area contributed by atoms with Crippen molar-refractivity contribution in [2.75, 3.05) is 32.7 Å². The van der Waals surface area contributed by atoms with Crippen LogP contribution >= 0.6 is 0 Å². The zero-order chi connectivity index (χ0) is 16.0. The Morgan fingerprint density at radius 2 is 2.14 bits per heavy atom. The summed E-state index contributed by atoms with van der Waals surface area (Å²) in [5.74, 6) is -0.842. The first-order chi connectivity index (χ1) is 9.80. The molecule has 8 heteroatoms. The van der Waals surface area contributed by atoms with Crippen LogP contribution in [-0.4, -0.2) is 43.0 Å². The van der Waals surface area contributed by atoms with E-state index in [1.807, 2.05) is 0 Å². The smallest absolute Gasteiger partial charge is 0.313 e. The molecule has 0 saturated carbocycles. The van der Waals surface area contributed by atoms with Crippen LogP contribution in [0.3, 0.4) is 0 Å². The van der Waals surface area contributed by atoms with Gasteiger partial charge in [0.05, 0.1) is 29.4 Å². The average Bonchev–Trinajstić information content (AvgIpc) is 2.43. The second kappa shape index (κ2) is 7.19. The van der Waals surface area contributed by atoms with Gasteiger partial charge in [0.2, 0.25) is 0 Å². The molecule has 1 atom stereocenters. The summed E-state index contributed by atoms with van der Waals surface area (Å²) in [6.45, 7) is 2.01. The minimum Gasteiger partial charge on any atom is -0.490 e. The number of ether oxygens (including phenoxy) is 2. The molecule has 1 aromatic rings. The lowest BCUT2D eigenvalue weighted by atomic mass is 10.0. The van der Waals surface area contributed by atoms with Crippen molar-refractivity contribution in [3.8, 4) is 5.75 Å². The Hall–Kier alpha value is -1.93. The van der Waals surface area contributed by atoms with Crippen LogP contribution in [0.4, 0.5) is 15.8 Å². The highest BCUT2D eigenvalue weighted by Gasteiger charge is 2.23. The standard InChI is InChI=1S/C13H19FN2O5/c1-13(17,4-5-20-2)8-15-10-7-12(21-3)11(16(18)19)6-9(10)14/h6-7,15,17H,4-5,8H2,1-3H3. The Bertz CT molecular complexity index is 508. The van der Waals surface area contributed by atoms with Gasteiger partial charge in [-0.3, -0.25) is 10.1 Å². The zero-order valence-corrected chi connectivity index (χ0v) is 12.2. The van der Waals surface area contributed by atoms with Gasteiger partial charge in [-0.25, -0.2) is 4.39 Å². The third-order valence-corrected chi connectivity index (χ3v) is 2.97. The molecule has 21 heavy (non-hydrogen) atoms. The quantitative estimate of drug-likeness (QED) is 0.563. The van der Waals surface area contributed by atoms with Crippen LogP contribution in [0.5, 0.6) is 5.75 Å². The van der Waals surface area contributed by atoms with Gasteiger partial charge in [-0.1, -0.05) is 0 Å². The van der Waals surface area contributed by atoms with Crippen LogP contribution in [0.25, 0.3) is 0 Å². The summed E-state index contributed by atoms with van der Waals surface area (Å²) >= 11 is 0. The lowest BCUT2D eigenvalue weighted by Crippen LogP contribution is -2.34. The van der Waals surface area contributed by atoms with E-state index < -0.39 is 22.0 Å². The van der Waals surface area contributed by atoms with Crippen molar-refractivity contribution in [1.29, 1.82) is 0 Å². The average molecular weight is 302 g/mol. The highest BCUT2D eigenvalue weighted by Crippen LogP contribution is 2.32. The van der Waals surface area contributed by atoms with Crippen molar-refractivity contribution in [1.82, 2.24) is 0 Å². The van der Waals surface area contributed by atoms with Crippen molar-refractivity contribution in [3.05, 3.63) is 28.1 Å². The molecule has 2 N–H and O–H groups in total. The Balaban J connectivity index is 2.87. The molecule has 0 fully saturated rings. The number of anilines is 1. The largest absolute Gasteiger partial charge is 0.490 e. The fourth-order valence-corrected chi connectivity index (χ4v) is 1.68. The molecule has 0 radical (unpaired) electrons. The van der Waals surface area contributed by atoms with Gasteiger partial charge < -0.3 is 19.9 Å². The van der Waals surface area contributed by atoms with Crippen molar-refractivity contribution >= 4 is 11.4 Å². The molecular formula is C13H19FN2O5. The highest BCUT2D eigenvalue weighted by molar-refractivity contribution is 5.59. The van der Waals surface area contributed by atoms with Gasteiger partial charge in [-0.2, -0.15) is 0 Å². The predicted molar refractivity (Wildman–Crippen MR) is 75.2 cm³/mol. The lowest BCUT2D eigenvalue weighted by Gasteiger charge is -2.24. The van der Waals surface area contributed by atoms with Gasteiger partial charge in [0.25, 0.3) is 0 Å². The number of nitrogens with zero attached hydrogens (tertiary/aromatic N) is 1. The maximum absolute atomic E-state index is 13.8. The van der Waals surface area contributed by atoms with Gasteiger partial charge in [-0.05, 0) is 6.92 Å². The molecule has 0 spiro atoms. The maximum Gasteiger partial charge on any atom is 0.313 e. The van der Waals surface area contributed by atoms with Crippen molar-refractivity contribution in [3.63, 3.8) is 0 Å². The number of rotatable bonds is 8. The summed E-state index contributed by atoms with van der Waals surface area (Å²) in [7, 11) is 2.78. The fourth-order valence-electron chi connectivity index (χ4n) is 1.68. The Labute approximate surface area is 121 Å². The van der Waals surface area contributed by atoms with Crippen molar-refractivity contribution in [2.45, 2.75) is 18.9 Å². The molecule has 0 aliphatic carbocycles. The van der Waals surface area contributed by atoms with Crippen LogP contribution in [0.1, 0.15) is 13.3 Å². The maximum atomic E-state index is 13.8. The molecule has 7 nitrogen and oxygen atoms in total. The number of hydrogen-bond acceptors (Lipinski definition) is 6. The Morgan fingerprint density at radius 1 is 1.48 bits per heavy atom. The molecule has 0 aliphatic heterocycles. The number of nitro groups is 1. The minimum absolute atomic E-state index is 0.0233. The van der Waals surface area contributed by atoms with E-state index in [1.54, 1.807) is 6.92 Å². The first-order valence-corrected chi connectivity index (χ1v) is 6.28. The lowest BCUT2D eigenvalue weighted by molar-refractivity contribution is -0.385. The topological polar surface area (TPSA) is 93.9 Å². The minimum atomic E-state index is -1.10. The predicted octanol–water partition coefficient (Wildman–Crippen LogP) is 1.94. The summed E-state index contributed by atoms with van der Waals surface area (Å²) in [5, 5.41) is 23.5. The normalized spacial score (nSPS) is 13.6. The first kappa shape index (κ1) is 17.1. The molecule has 0 aliphatic rings. The summed E-state index contributed by atoms with van der Waals surface area (Å²) in [6, 6.07) is 1.98. The van der Waals surface area contributed by atoms with E-state index in [2.05, 4.69) is 5.32 Å². The second-order valence-electron chi connectivity index (χ2n) is 4.85. The zero-order valence-electron chi connectivity index (χ0n) is 12.2. The highest BCUT2D eigenvalue weighted by atomic mass is 19.1. The summed E-state index contributed by atoms with van der Waals surface area (Å²) in [6.07, 6.45) is 0.363. The van der Waals surface area contributed by atoms with Gasteiger partial charge in [0.15, 0.2) is 11.6 Å². The Kier molecular flexibility index (Phi) is 5.86.